The first kappa shape index (κ1) is 26.1. The zero-order valence-corrected chi connectivity index (χ0v) is 21.4. The van der Waals surface area contributed by atoms with E-state index in [0.29, 0.717) is 11.3 Å². The lowest BCUT2D eigenvalue weighted by Crippen LogP contribution is -2.45. The fraction of sp³-hybridized carbons (Fsp3) is 0.222. The molecular formula is C27H26N2O7S. The van der Waals surface area contributed by atoms with Crippen LogP contribution >= 0.6 is 0 Å². The van der Waals surface area contributed by atoms with E-state index in [4.69, 9.17) is 9.47 Å². The summed E-state index contributed by atoms with van der Waals surface area (Å²) in [6.45, 7) is 3.08. The Kier molecular flexibility index (Phi) is 7.42. The quantitative estimate of drug-likeness (QED) is 0.253. The largest absolute Gasteiger partial charge is 0.497 e. The normalized spacial score (nSPS) is 15.8. The van der Waals surface area contributed by atoms with Gasteiger partial charge in [-0.05, 0) is 61.0 Å². The summed E-state index contributed by atoms with van der Waals surface area (Å²) in [6, 6.07) is 17.8. The smallest absolute Gasteiger partial charge is 0.308 e. The van der Waals surface area contributed by atoms with Gasteiger partial charge in [-0.2, -0.15) is 4.31 Å². The highest BCUT2D eigenvalue weighted by Gasteiger charge is 2.47. The number of aryl methyl sites for hydroxylation is 1. The Balaban J connectivity index is 1.70. The van der Waals surface area contributed by atoms with Gasteiger partial charge >= 0.3 is 5.97 Å². The van der Waals surface area contributed by atoms with Gasteiger partial charge in [0, 0.05) is 13.5 Å². The van der Waals surface area contributed by atoms with Crippen molar-refractivity contribution in [3.8, 4) is 11.5 Å². The fourth-order valence-electron chi connectivity index (χ4n) is 4.06. The van der Waals surface area contributed by atoms with Crippen molar-refractivity contribution in [2.45, 2.75) is 37.8 Å². The van der Waals surface area contributed by atoms with Gasteiger partial charge in [-0.3, -0.25) is 14.4 Å². The van der Waals surface area contributed by atoms with E-state index >= 15 is 0 Å². The molecule has 1 saturated heterocycles. The highest BCUT2D eigenvalue weighted by Crippen LogP contribution is 2.32. The van der Waals surface area contributed by atoms with Crippen molar-refractivity contribution in [2.75, 3.05) is 12.0 Å². The molecule has 0 spiro atoms. The summed E-state index contributed by atoms with van der Waals surface area (Å²) in [5.41, 5.74) is 1.93. The van der Waals surface area contributed by atoms with Crippen molar-refractivity contribution >= 4 is 33.5 Å². The molecule has 0 radical (unpaired) electrons. The zero-order valence-electron chi connectivity index (χ0n) is 20.6. The number of benzene rings is 3. The number of methoxy groups -OCH3 is 1. The van der Waals surface area contributed by atoms with Gasteiger partial charge in [-0.1, -0.05) is 29.8 Å². The second-order valence-electron chi connectivity index (χ2n) is 8.59. The zero-order chi connectivity index (χ0) is 26.7. The number of carbonyl (C=O) groups excluding carboxylic acids is 3. The van der Waals surface area contributed by atoms with Crippen LogP contribution in [0.2, 0.25) is 0 Å². The average molecular weight is 523 g/mol. The SMILES string of the molecule is COc1ccc(S(=O)(=O)N(Cc2ccc(C)cc2)C2CC(=O)N(c3ccc(OC(C)=O)cc3)C2=O)cc1. The number of anilines is 1. The first-order valence-corrected chi connectivity index (χ1v) is 12.9. The Morgan fingerprint density at radius 2 is 1.54 bits per heavy atom. The highest BCUT2D eigenvalue weighted by atomic mass is 32.2. The van der Waals surface area contributed by atoms with E-state index in [1.54, 1.807) is 12.1 Å². The van der Waals surface area contributed by atoms with Crippen LogP contribution in [0, 0.1) is 6.92 Å². The summed E-state index contributed by atoms with van der Waals surface area (Å²) in [4.78, 5) is 38.6. The second-order valence-corrected chi connectivity index (χ2v) is 10.5. The lowest BCUT2D eigenvalue weighted by molar-refractivity contribution is -0.132. The third-order valence-corrected chi connectivity index (χ3v) is 7.82. The molecule has 0 aromatic heterocycles. The van der Waals surface area contributed by atoms with Gasteiger partial charge in [0.05, 0.1) is 24.1 Å². The monoisotopic (exact) mass is 522 g/mol. The molecule has 1 unspecified atom stereocenters. The number of imide groups is 1. The van der Waals surface area contributed by atoms with Gasteiger partial charge in [-0.15, -0.1) is 0 Å². The van der Waals surface area contributed by atoms with Gasteiger partial charge < -0.3 is 9.47 Å². The molecular weight excluding hydrogens is 496 g/mol. The molecule has 1 aliphatic rings. The summed E-state index contributed by atoms with van der Waals surface area (Å²) in [5.74, 6) is -0.949. The summed E-state index contributed by atoms with van der Waals surface area (Å²) in [5, 5.41) is 0. The molecule has 3 aromatic rings. The number of sulfonamides is 1. The predicted molar refractivity (Wildman–Crippen MR) is 136 cm³/mol. The first-order chi connectivity index (χ1) is 17.6. The molecule has 1 atom stereocenters. The van der Waals surface area contributed by atoms with E-state index in [2.05, 4.69) is 0 Å². The third-order valence-electron chi connectivity index (χ3n) is 5.95. The maximum Gasteiger partial charge on any atom is 0.308 e. The maximum absolute atomic E-state index is 13.8. The van der Waals surface area contributed by atoms with Crippen molar-refractivity contribution in [3.05, 3.63) is 83.9 Å². The van der Waals surface area contributed by atoms with Gasteiger partial charge in [0.25, 0.3) is 5.91 Å². The fourth-order valence-corrected chi connectivity index (χ4v) is 5.63. The van der Waals surface area contributed by atoms with Crippen LogP contribution in [-0.2, 0) is 31.0 Å². The Hall–Kier alpha value is -4.02. The van der Waals surface area contributed by atoms with Gasteiger partial charge in [0.15, 0.2) is 0 Å². The van der Waals surface area contributed by atoms with Crippen LogP contribution in [0.3, 0.4) is 0 Å². The lowest BCUT2D eigenvalue weighted by Gasteiger charge is -2.27. The number of amides is 2. The van der Waals surface area contributed by atoms with Crippen LogP contribution in [0.1, 0.15) is 24.5 Å². The number of rotatable bonds is 8. The molecule has 0 N–H and O–H groups in total. The molecule has 1 aliphatic heterocycles. The van der Waals surface area contributed by atoms with Crippen molar-refractivity contribution < 1.29 is 32.3 Å². The number of nitrogens with zero attached hydrogens (tertiary/aromatic N) is 2. The summed E-state index contributed by atoms with van der Waals surface area (Å²) < 4.78 is 38.8. The van der Waals surface area contributed by atoms with E-state index in [1.165, 1.54) is 62.6 Å². The van der Waals surface area contributed by atoms with Crippen LogP contribution in [0.4, 0.5) is 5.69 Å². The third kappa shape index (κ3) is 5.55. The highest BCUT2D eigenvalue weighted by molar-refractivity contribution is 7.89. The van der Waals surface area contributed by atoms with Crippen molar-refractivity contribution in [1.82, 2.24) is 4.31 Å². The molecule has 3 aromatic carbocycles. The molecule has 0 bridgehead atoms. The lowest BCUT2D eigenvalue weighted by atomic mass is 10.1. The molecule has 0 aliphatic carbocycles. The molecule has 192 valence electrons. The number of esters is 1. The van der Waals surface area contributed by atoms with E-state index in [9.17, 15) is 22.8 Å². The Morgan fingerprint density at radius 3 is 2.11 bits per heavy atom. The van der Waals surface area contributed by atoms with Crippen molar-refractivity contribution in [2.24, 2.45) is 0 Å². The average Bonchev–Trinajstić information content (AvgIpc) is 3.17. The van der Waals surface area contributed by atoms with Crippen LogP contribution in [0.5, 0.6) is 11.5 Å². The van der Waals surface area contributed by atoms with Crippen LogP contribution in [-0.4, -0.2) is 43.7 Å². The van der Waals surface area contributed by atoms with Crippen LogP contribution in [0.25, 0.3) is 0 Å². The Labute approximate surface area is 215 Å². The predicted octanol–water partition coefficient (Wildman–Crippen LogP) is 3.45. The number of ether oxygens (including phenoxy) is 2. The molecule has 9 nitrogen and oxygen atoms in total. The van der Waals surface area contributed by atoms with Gasteiger partial charge in [-0.25, -0.2) is 13.3 Å². The molecule has 10 heteroatoms. The molecule has 1 fully saturated rings. The summed E-state index contributed by atoms with van der Waals surface area (Å²) >= 11 is 0. The minimum absolute atomic E-state index is 0.0233. The minimum atomic E-state index is -4.18. The molecule has 1 heterocycles. The molecule has 2 amide bonds. The molecule has 4 rings (SSSR count). The number of hydrogen-bond donors (Lipinski definition) is 0. The van der Waals surface area contributed by atoms with Crippen LogP contribution < -0.4 is 14.4 Å². The standard InChI is InChI=1S/C27H26N2O7S/c1-18-4-6-20(7-5-18)17-28(37(33,34)24-14-12-22(35-3)13-15-24)25-16-26(31)29(27(25)32)21-8-10-23(11-9-21)36-19(2)30/h4-15,25H,16-17H2,1-3H3. The van der Waals surface area contributed by atoms with Crippen molar-refractivity contribution in [3.63, 3.8) is 0 Å². The van der Waals surface area contributed by atoms with Crippen LogP contribution in [0.15, 0.2) is 77.7 Å². The maximum atomic E-state index is 13.8. The summed E-state index contributed by atoms with van der Waals surface area (Å²) in [7, 11) is -2.70. The van der Waals surface area contributed by atoms with Gasteiger partial charge in [0.2, 0.25) is 15.9 Å². The molecule has 0 saturated carbocycles. The Morgan fingerprint density at radius 1 is 0.946 bits per heavy atom. The topological polar surface area (TPSA) is 110 Å². The van der Waals surface area contributed by atoms with E-state index in [-0.39, 0.29) is 29.3 Å². The van der Waals surface area contributed by atoms with Gasteiger partial charge in [0.1, 0.15) is 17.5 Å². The summed E-state index contributed by atoms with van der Waals surface area (Å²) in [6.07, 6.45) is -0.314. The van der Waals surface area contributed by atoms with E-state index in [1.807, 2.05) is 19.1 Å². The Bertz CT molecular complexity index is 1420. The van der Waals surface area contributed by atoms with E-state index in [0.717, 1.165) is 14.8 Å². The molecule has 37 heavy (non-hydrogen) atoms. The number of carbonyl (C=O) groups is 3. The second kappa shape index (κ2) is 10.5. The minimum Gasteiger partial charge on any atom is -0.497 e. The van der Waals surface area contributed by atoms with E-state index < -0.39 is 33.8 Å². The first-order valence-electron chi connectivity index (χ1n) is 11.5. The van der Waals surface area contributed by atoms with Crippen molar-refractivity contribution in [1.29, 1.82) is 0 Å². The number of hydrogen-bond acceptors (Lipinski definition) is 7.